The summed E-state index contributed by atoms with van der Waals surface area (Å²) < 4.78 is 5.27. The van der Waals surface area contributed by atoms with Crippen molar-refractivity contribution in [2.75, 3.05) is 0 Å². The van der Waals surface area contributed by atoms with Crippen molar-refractivity contribution in [3.63, 3.8) is 0 Å². The largest absolute Gasteiger partial charge is 0.460 e. The third-order valence-electron chi connectivity index (χ3n) is 4.33. The van der Waals surface area contributed by atoms with Gasteiger partial charge in [-0.15, -0.1) is 0 Å². The van der Waals surface area contributed by atoms with Gasteiger partial charge in [0, 0.05) is 6.42 Å². The number of hydrogen-bond donors (Lipinski definition) is 3. The summed E-state index contributed by atoms with van der Waals surface area (Å²) in [4.78, 5) is 11.6. The van der Waals surface area contributed by atoms with Crippen LogP contribution >= 0.6 is 0 Å². The predicted molar refractivity (Wildman–Crippen MR) is 109 cm³/mol. The van der Waals surface area contributed by atoms with Gasteiger partial charge >= 0.3 is 5.97 Å². The van der Waals surface area contributed by atoms with Crippen molar-refractivity contribution in [3.05, 3.63) is 12.2 Å². The van der Waals surface area contributed by atoms with E-state index < -0.39 is 23.9 Å². The van der Waals surface area contributed by atoms with Crippen LogP contribution in [0.5, 0.6) is 0 Å². The maximum absolute atomic E-state index is 11.6. The Morgan fingerprint density at radius 1 is 0.889 bits per heavy atom. The summed E-state index contributed by atoms with van der Waals surface area (Å²) >= 11 is 0. The van der Waals surface area contributed by atoms with Gasteiger partial charge in [0.15, 0.2) is 0 Å². The lowest BCUT2D eigenvalue weighted by Gasteiger charge is -2.19. The number of carbonyl (C=O) groups excluding carboxylic acids is 1. The van der Waals surface area contributed by atoms with E-state index in [0.29, 0.717) is 19.3 Å². The van der Waals surface area contributed by atoms with Crippen LogP contribution in [0.2, 0.25) is 0 Å². The van der Waals surface area contributed by atoms with Crippen molar-refractivity contribution in [2.24, 2.45) is 0 Å². The highest BCUT2D eigenvalue weighted by Crippen LogP contribution is 2.13. The average molecular weight is 387 g/mol. The maximum atomic E-state index is 11.6. The molecule has 0 fully saturated rings. The molecule has 0 aliphatic rings. The first-order valence-corrected chi connectivity index (χ1v) is 10.6. The summed E-state index contributed by atoms with van der Waals surface area (Å²) in [6, 6.07) is 0. The molecule has 5 heteroatoms. The standard InChI is InChI=1S/C22H42O5/c1-5-6-10-14-19(24)20(25)17-16-18(23)13-11-8-7-9-12-15-21(26)27-22(2,3)4/h16-20,23-25H,5-15H2,1-4H3/t18-,19-,20-/m0/s1. The number of hydrogen-bond acceptors (Lipinski definition) is 5. The SMILES string of the molecule is CCCCC[C@H](O)[C@@H](O)C=C[C@@H](O)CCCCCCCC(=O)OC(C)(C)C. The number of unbranched alkanes of at least 4 members (excludes halogenated alkanes) is 6. The molecule has 0 saturated heterocycles. The molecule has 3 N–H and O–H groups in total. The minimum absolute atomic E-state index is 0.140. The van der Waals surface area contributed by atoms with Crippen LogP contribution in [-0.4, -0.2) is 45.2 Å². The quantitative estimate of drug-likeness (QED) is 0.222. The van der Waals surface area contributed by atoms with Crippen molar-refractivity contribution in [2.45, 2.75) is 122 Å². The third kappa shape index (κ3) is 17.0. The fourth-order valence-corrected chi connectivity index (χ4v) is 2.79. The molecule has 0 aromatic heterocycles. The van der Waals surface area contributed by atoms with E-state index in [0.717, 1.165) is 51.4 Å². The van der Waals surface area contributed by atoms with Crippen molar-refractivity contribution in [1.29, 1.82) is 0 Å². The van der Waals surface area contributed by atoms with Crippen LogP contribution in [0.1, 0.15) is 98.3 Å². The Kier molecular flexibility index (Phi) is 14.6. The van der Waals surface area contributed by atoms with Gasteiger partial charge in [-0.25, -0.2) is 0 Å². The Morgan fingerprint density at radius 3 is 2.11 bits per heavy atom. The van der Waals surface area contributed by atoms with Gasteiger partial charge in [-0.1, -0.05) is 64.0 Å². The van der Waals surface area contributed by atoms with Crippen LogP contribution in [0.3, 0.4) is 0 Å². The lowest BCUT2D eigenvalue weighted by molar-refractivity contribution is -0.154. The molecule has 0 amide bonds. The predicted octanol–water partition coefficient (Wildman–Crippen LogP) is 4.28. The van der Waals surface area contributed by atoms with Gasteiger partial charge < -0.3 is 20.1 Å². The van der Waals surface area contributed by atoms with Crippen LogP contribution in [0.4, 0.5) is 0 Å². The zero-order valence-electron chi connectivity index (χ0n) is 17.8. The number of aliphatic hydroxyl groups excluding tert-OH is 3. The summed E-state index contributed by atoms with van der Waals surface area (Å²) in [5.41, 5.74) is -0.417. The first-order chi connectivity index (χ1) is 12.7. The summed E-state index contributed by atoms with van der Waals surface area (Å²) in [6.45, 7) is 7.71. The molecule has 0 bridgehead atoms. The molecule has 0 heterocycles. The second-order valence-electron chi connectivity index (χ2n) is 8.40. The summed E-state index contributed by atoms with van der Waals surface area (Å²) in [6.07, 6.45) is 10.3. The topological polar surface area (TPSA) is 87.0 Å². The van der Waals surface area contributed by atoms with Crippen molar-refractivity contribution < 1.29 is 24.9 Å². The Bertz CT molecular complexity index is 400. The van der Waals surface area contributed by atoms with Crippen LogP contribution in [0, 0.1) is 0 Å². The van der Waals surface area contributed by atoms with Crippen molar-refractivity contribution in [3.8, 4) is 0 Å². The molecule has 0 spiro atoms. The van der Waals surface area contributed by atoms with Gasteiger partial charge in [-0.05, 0) is 40.0 Å². The first-order valence-electron chi connectivity index (χ1n) is 10.6. The zero-order chi connectivity index (χ0) is 20.7. The number of ether oxygens (including phenoxy) is 1. The van der Waals surface area contributed by atoms with Gasteiger partial charge in [0.25, 0.3) is 0 Å². The molecule has 5 nitrogen and oxygen atoms in total. The second kappa shape index (κ2) is 15.1. The Hall–Kier alpha value is -0.910. The van der Waals surface area contributed by atoms with E-state index in [1.807, 2.05) is 20.8 Å². The molecule has 27 heavy (non-hydrogen) atoms. The van der Waals surface area contributed by atoms with Gasteiger partial charge in [-0.3, -0.25) is 4.79 Å². The zero-order valence-corrected chi connectivity index (χ0v) is 17.8. The second-order valence-corrected chi connectivity index (χ2v) is 8.40. The minimum Gasteiger partial charge on any atom is -0.460 e. The summed E-state index contributed by atoms with van der Waals surface area (Å²) in [7, 11) is 0. The van der Waals surface area contributed by atoms with Crippen molar-refractivity contribution in [1.82, 2.24) is 0 Å². The monoisotopic (exact) mass is 386 g/mol. The molecular formula is C22H42O5. The molecule has 0 rings (SSSR count). The lowest BCUT2D eigenvalue weighted by atomic mass is 10.0. The highest BCUT2D eigenvalue weighted by Gasteiger charge is 2.15. The van der Waals surface area contributed by atoms with Gasteiger partial charge in [0.2, 0.25) is 0 Å². The van der Waals surface area contributed by atoms with E-state index >= 15 is 0 Å². The Morgan fingerprint density at radius 2 is 1.48 bits per heavy atom. The van der Waals surface area contributed by atoms with Gasteiger partial charge in [0.1, 0.15) is 5.60 Å². The van der Waals surface area contributed by atoms with Crippen molar-refractivity contribution >= 4 is 5.97 Å². The Labute approximate surface area is 165 Å². The molecule has 160 valence electrons. The fourth-order valence-electron chi connectivity index (χ4n) is 2.79. The van der Waals surface area contributed by atoms with Crippen LogP contribution < -0.4 is 0 Å². The highest BCUT2D eigenvalue weighted by atomic mass is 16.6. The van der Waals surface area contributed by atoms with E-state index in [1.165, 1.54) is 6.08 Å². The molecule has 3 atom stereocenters. The molecule has 0 aliphatic heterocycles. The summed E-state index contributed by atoms with van der Waals surface area (Å²) in [5, 5.41) is 29.6. The normalized spacial score (nSPS) is 15.7. The molecule has 0 radical (unpaired) electrons. The molecular weight excluding hydrogens is 344 g/mol. The number of esters is 1. The minimum atomic E-state index is -0.913. The van der Waals surface area contributed by atoms with Crippen LogP contribution in [0.15, 0.2) is 12.2 Å². The fraction of sp³-hybridized carbons (Fsp3) is 0.864. The van der Waals surface area contributed by atoms with Crippen LogP contribution in [-0.2, 0) is 9.53 Å². The highest BCUT2D eigenvalue weighted by molar-refractivity contribution is 5.69. The van der Waals surface area contributed by atoms with E-state index in [2.05, 4.69) is 6.92 Å². The van der Waals surface area contributed by atoms with E-state index in [1.54, 1.807) is 6.08 Å². The Balaban J connectivity index is 3.70. The first kappa shape index (κ1) is 26.1. The number of rotatable bonds is 15. The summed E-state index contributed by atoms with van der Waals surface area (Å²) in [5.74, 6) is -0.140. The van der Waals surface area contributed by atoms with Crippen LogP contribution in [0.25, 0.3) is 0 Å². The molecule has 0 aliphatic carbocycles. The van der Waals surface area contributed by atoms with E-state index in [4.69, 9.17) is 4.74 Å². The molecule has 0 saturated carbocycles. The lowest BCUT2D eigenvalue weighted by Crippen LogP contribution is -2.24. The van der Waals surface area contributed by atoms with E-state index in [-0.39, 0.29) is 5.97 Å². The molecule has 0 aromatic rings. The average Bonchev–Trinajstić information content (AvgIpc) is 2.57. The van der Waals surface area contributed by atoms with Gasteiger partial charge in [0.05, 0.1) is 18.3 Å². The van der Waals surface area contributed by atoms with E-state index in [9.17, 15) is 20.1 Å². The number of carbonyl (C=O) groups is 1. The maximum Gasteiger partial charge on any atom is 0.306 e. The third-order valence-corrected chi connectivity index (χ3v) is 4.33. The molecule has 0 aromatic carbocycles. The smallest absolute Gasteiger partial charge is 0.306 e. The van der Waals surface area contributed by atoms with Gasteiger partial charge in [-0.2, -0.15) is 0 Å². The molecule has 0 unspecified atom stereocenters. The number of aliphatic hydroxyl groups is 3.